The SMILES string of the molecule is CC(OCCNC(=O)c1ccnc(Cl)c1)C(=O)O. The molecule has 0 aliphatic heterocycles. The average Bonchev–Trinajstić information content (AvgIpc) is 2.33. The van der Waals surface area contributed by atoms with Crippen LogP contribution in [-0.4, -0.2) is 41.2 Å². The zero-order valence-electron chi connectivity index (χ0n) is 9.72. The first kappa shape index (κ1) is 14.4. The fourth-order valence-electron chi connectivity index (χ4n) is 1.12. The van der Waals surface area contributed by atoms with Gasteiger partial charge in [0.15, 0.2) is 6.10 Å². The Morgan fingerprint density at radius 3 is 2.94 bits per heavy atom. The molecule has 1 unspecified atom stereocenters. The number of aliphatic carboxylic acids is 1. The van der Waals surface area contributed by atoms with Gasteiger partial charge in [-0.05, 0) is 19.1 Å². The highest BCUT2D eigenvalue weighted by molar-refractivity contribution is 6.29. The summed E-state index contributed by atoms with van der Waals surface area (Å²) in [6.07, 6.45) is 0.539. The maximum atomic E-state index is 11.6. The monoisotopic (exact) mass is 272 g/mol. The lowest BCUT2D eigenvalue weighted by Crippen LogP contribution is -2.30. The number of halogens is 1. The third-order valence-corrected chi connectivity index (χ3v) is 2.30. The van der Waals surface area contributed by atoms with Crippen LogP contribution < -0.4 is 5.32 Å². The summed E-state index contributed by atoms with van der Waals surface area (Å²) in [7, 11) is 0. The van der Waals surface area contributed by atoms with Crippen LogP contribution in [0.2, 0.25) is 5.15 Å². The van der Waals surface area contributed by atoms with Gasteiger partial charge in [0.2, 0.25) is 0 Å². The molecule has 0 fully saturated rings. The summed E-state index contributed by atoms with van der Waals surface area (Å²) in [6, 6.07) is 2.97. The van der Waals surface area contributed by atoms with Crippen molar-refractivity contribution in [3.05, 3.63) is 29.0 Å². The van der Waals surface area contributed by atoms with Crippen molar-refractivity contribution in [3.8, 4) is 0 Å². The van der Waals surface area contributed by atoms with Crippen LogP contribution in [-0.2, 0) is 9.53 Å². The number of aromatic nitrogens is 1. The van der Waals surface area contributed by atoms with Gasteiger partial charge >= 0.3 is 5.97 Å². The maximum absolute atomic E-state index is 11.6. The highest BCUT2D eigenvalue weighted by Gasteiger charge is 2.11. The third kappa shape index (κ3) is 4.68. The molecule has 0 radical (unpaired) electrons. The van der Waals surface area contributed by atoms with Gasteiger partial charge in [-0.3, -0.25) is 4.79 Å². The standard InChI is InChI=1S/C11H13ClN2O4/c1-7(11(16)17)18-5-4-14-10(15)8-2-3-13-9(12)6-8/h2-3,6-7H,4-5H2,1H3,(H,14,15)(H,16,17). The Kier molecular flexibility index (Phi) is 5.54. The number of carboxylic acids is 1. The Labute approximate surface area is 109 Å². The molecule has 18 heavy (non-hydrogen) atoms. The lowest BCUT2D eigenvalue weighted by atomic mass is 10.2. The van der Waals surface area contributed by atoms with Gasteiger partial charge in [0.05, 0.1) is 6.61 Å². The number of rotatable bonds is 6. The van der Waals surface area contributed by atoms with Gasteiger partial charge in [0.25, 0.3) is 5.91 Å². The van der Waals surface area contributed by atoms with Crippen molar-refractivity contribution < 1.29 is 19.4 Å². The Morgan fingerprint density at radius 2 is 2.33 bits per heavy atom. The molecule has 0 aliphatic carbocycles. The van der Waals surface area contributed by atoms with Crippen molar-refractivity contribution >= 4 is 23.5 Å². The van der Waals surface area contributed by atoms with Crippen molar-refractivity contribution in [1.29, 1.82) is 0 Å². The molecule has 0 saturated heterocycles. The van der Waals surface area contributed by atoms with Crippen LogP contribution in [0.5, 0.6) is 0 Å². The number of hydrogen-bond donors (Lipinski definition) is 2. The number of nitrogens with one attached hydrogen (secondary N) is 1. The van der Waals surface area contributed by atoms with E-state index in [2.05, 4.69) is 10.3 Å². The van der Waals surface area contributed by atoms with Gasteiger partial charge in [0.1, 0.15) is 5.15 Å². The van der Waals surface area contributed by atoms with E-state index in [0.29, 0.717) is 5.56 Å². The molecule has 1 aromatic rings. The van der Waals surface area contributed by atoms with Crippen molar-refractivity contribution in [3.63, 3.8) is 0 Å². The molecule has 0 aliphatic rings. The summed E-state index contributed by atoms with van der Waals surface area (Å²) in [5, 5.41) is 11.4. The Hall–Kier alpha value is -1.66. The van der Waals surface area contributed by atoms with E-state index in [1.54, 1.807) is 0 Å². The minimum atomic E-state index is -1.04. The van der Waals surface area contributed by atoms with E-state index in [4.69, 9.17) is 21.4 Å². The summed E-state index contributed by atoms with van der Waals surface area (Å²) in [5.41, 5.74) is 0.390. The van der Waals surface area contributed by atoms with Crippen molar-refractivity contribution in [2.75, 3.05) is 13.2 Å². The number of carboxylic acid groups (broad SMARTS) is 1. The molecule has 0 saturated carbocycles. The first-order valence-electron chi connectivity index (χ1n) is 5.25. The molecule has 7 heteroatoms. The van der Waals surface area contributed by atoms with Crippen molar-refractivity contribution in [2.24, 2.45) is 0 Å². The number of ether oxygens (including phenoxy) is 1. The number of pyridine rings is 1. The second-order valence-electron chi connectivity index (χ2n) is 3.47. The maximum Gasteiger partial charge on any atom is 0.332 e. The number of amides is 1. The van der Waals surface area contributed by atoms with E-state index >= 15 is 0 Å². The molecule has 6 nitrogen and oxygen atoms in total. The molecule has 0 bridgehead atoms. The van der Waals surface area contributed by atoms with Crippen molar-refractivity contribution in [2.45, 2.75) is 13.0 Å². The van der Waals surface area contributed by atoms with E-state index in [1.165, 1.54) is 25.3 Å². The topological polar surface area (TPSA) is 88.5 Å². The molecule has 0 spiro atoms. The van der Waals surface area contributed by atoms with Gasteiger partial charge < -0.3 is 15.2 Å². The van der Waals surface area contributed by atoms with Crippen LogP contribution in [0.15, 0.2) is 18.3 Å². The van der Waals surface area contributed by atoms with Gasteiger partial charge in [-0.25, -0.2) is 9.78 Å². The second-order valence-corrected chi connectivity index (χ2v) is 3.86. The summed E-state index contributed by atoms with van der Waals surface area (Å²) < 4.78 is 4.96. The molecule has 1 aromatic heterocycles. The van der Waals surface area contributed by atoms with E-state index in [-0.39, 0.29) is 24.2 Å². The van der Waals surface area contributed by atoms with Gasteiger partial charge in [-0.15, -0.1) is 0 Å². The van der Waals surface area contributed by atoms with E-state index in [9.17, 15) is 9.59 Å². The van der Waals surface area contributed by atoms with Gasteiger partial charge in [-0.1, -0.05) is 11.6 Å². The van der Waals surface area contributed by atoms with E-state index in [1.807, 2.05) is 0 Å². The summed E-state index contributed by atoms with van der Waals surface area (Å²) in [5.74, 6) is -1.35. The van der Waals surface area contributed by atoms with Gasteiger partial charge in [0, 0.05) is 18.3 Å². The predicted octanol–water partition coefficient (Wildman–Crippen LogP) is 0.955. The smallest absolute Gasteiger partial charge is 0.332 e. The van der Waals surface area contributed by atoms with Crippen LogP contribution in [0.3, 0.4) is 0 Å². The molecule has 1 atom stereocenters. The molecule has 2 N–H and O–H groups in total. The lowest BCUT2D eigenvalue weighted by molar-refractivity contribution is -0.148. The first-order valence-corrected chi connectivity index (χ1v) is 5.62. The highest BCUT2D eigenvalue weighted by Crippen LogP contribution is 2.06. The van der Waals surface area contributed by atoms with Crippen LogP contribution >= 0.6 is 11.6 Å². The highest BCUT2D eigenvalue weighted by atomic mass is 35.5. The number of carbonyl (C=O) groups is 2. The first-order chi connectivity index (χ1) is 8.50. The Morgan fingerprint density at radius 1 is 1.61 bits per heavy atom. The number of nitrogens with zero attached hydrogens (tertiary/aromatic N) is 1. The Bertz CT molecular complexity index is 439. The molecule has 1 heterocycles. The van der Waals surface area contributed by atoms with E-state index < -0.39 is 12.1 Å². The van der Waals surface area contributed by atoms with Crippen molar-refractivity contribution in [1.82, 2.24) is 10.3 Å². The molecule has 98 valence electrons. The molecular formula is C11H13ClN2O4. The molecular weight excluding hydrogens is 260 g/mol. The second kappa shape index (κ2) is 6.93. The van der Waals surface area contributed by atoms with Gasteiger partial charge in [-0.2, -0.15) is 0 Å². The van der Waals surface area contributed by atoms with Crippen LogP contribution in [0, 0.1) is 0 Å². The fourth-order valence-corrected chi connectivity index (χ4v) is 1.29. The molecule has 0 aromatic carbocycles. The zero-order valence-corrected chi connectivity index (χ0v) is 10.5. The quantitative estimate of drug-likeness (QED) is 0.595. The predicted molar refractivity (Wildman–Crippen MR) is 64.6 cm³/mol. The zero-order chi connectivity index (χ0) is 13.5. The third-order valence-electron chi connectivity index (χ3n) is 2.09. The Balaban J connectivity index is 2.32. The fraction of sp³-hybridized carbons (Fsp3) is 0.364. The summed E-state index contributed by atoms with van der Waals surface area (Å²) >= 11 is 5.65. The largest absolute Gasteiger partial charge is 0.479 e. The summed E-state index contributed by atoms with van der Waals surface area (Å²) in [6.45, 7) is 1.77. The average molecular weight is 273 g/mol. The minimum Gasteiger partial charge on any atom is -0.479 e. The summed E-state index contributed by atoms with van der Waals surface area (Å²) in [4.78, 5) is 25.8. The lowest BCUT2D eigenvalue weighted by Gasteiger charge is -2.09. The van der Waals surface area contributed by atoms with Crippen LogP contribution in [0.25, 0.3) is 0 Å². The number of hydrogen-bond acceptors (Lipinski definition) is 4. The molecule has 1 rings (SSSR count). The van der Waals surface area contributed by atoms with E-state index in [0.717, 1.165) is 0 Å². The molecule has 1 amide bonds. The number of carbonyl (C=O) groups excluding carboxylic acids is 1. The van der Waals surface area contributed by atoms with Crippen LogP contribution in [0.1, 0.15) is 17.3 Å². The normalized spacial score (nSPS) is 11.9. The minimum absolute atomic E-state index is 0.123. The van der Waals surface area contributed by atoms with Crippen LogP contribution in [0.4, 0.5) is 0 Å².